The smallest absolute Gasteiger partial charge is 0.152 e. The van der Waals surface area contributed by atoms with Crippen molar-refractivity contribution in [2.75, 3.05) is 0 Å². The maximum Gasteiger partial charge on any atom is 0.152 e. The molecule has 0 aliphatic heterocycles. The lowest BCUT2D eigenvalue weighted by Gasteiger charge is -2.05. The van der Waals surface area contributed by atoms with Gasteiger partial charge in [0.1, 0.15) is 0 Å². The minimum absolute atomic E-state index is 0.0735. The van der Waals surface area contributed by atoms with E-state index in [1.165, 1.54) is 55.2 Å². The molecule has 1 nitrogen and oxygen atoms in total. The van der Waals surface area contributed by atoms with E-state index in [9.17, 15) is 4.79 Å². The maximum atomic E-state index is 11.0. The van der Waals surface area contributed by atoms with E-state index in [4.69, 9.17) is 0 Å². The molecule has 0 fully saturated rings. The van der Waals surface area contributed by atoms with Crippen molar-refractivity contribution in [1.29, 1.82) is 0 Å². The van der Waals surface area contributed by atoms with Gasteiger partial charge in [-0.3, -0.25) is 4.79 Å². The Hall–Kier alpha value is -2.15. The topological polar surface area (TPSA) is 17.1 Å². The summed E-state index contributed by atoms with van der Waals surface area (Å²) in [5, 5.41) is 0. The van der Waals surface area contributed by atoms with E-state index in [0.29, 0.717) is 0 Å². The highest BCUT2D eigenvalue weighted by Gasteiger charge is 1.99. The number of ketones is 1. The number of carbonyl (C=O) groups is 1. The second kappa shape index (κ2) is 9.87. The van der Waals surface area contributed by atoms with Crippen LogP contribution in [0.5, 0.6) is 0 Å². The predicted octanol–water partition coefficient (Wildman–Crippen LogP) is 6.47. The van der Waals surface area contributed by atoms with Crippen molar-refractivity contribution in [1.82, 2.24) is 0 Å². The number of aryl methyl sites for hydroxylation is 1. The van der Waals surface area contributed by atoms with Gasteiger partial charge >= 0.3 is 0 Å². The molecule has 0 spiro atoms. The van der Waals surface area contributed by atoms with Gasteiger partial charge in [-0.1, -0.05) is 87.2 Å². The summed E-state index contributed by atoms with van der Waals surface area (Å²) in [6.45, 7) is 3.82. The van der Waals surface area contributed by atoms with E-state index in [-0.39, 0.29) is 5.78 Å². The van der Waals surface area contributed by atoms with Crippen LogP contribution in [0.3, 0.4) is 0 Å². The van der Waals surface area contributed by atoms with Gasteiger partial charge in [0.25, 0.3) is 0 Å². The Balaban J connectivity index is 1.91. The Kier molecular flexibility index (Phi) is 7.48. The fraction of sp³-hybridized carbons (Fsp3) is 0.348. The summed E-state index contributed by atoms with van der Waals surface area (Å²) in [5.41, 5.74) is 4.94. The van der Waals surface area contributed by atoms with Crippen LogP contribution in [0.4, 0.5) is 0 Å². The van der Waals surface area contributed by atoms with Crippen LogP contribution in [0, 0.1) is 0 Å². The molecule has 0 amide bonds. The molecule has 2 rings (SSSR count). The molecule has 2 aromatic carbocycles. The molecule has 0 unspecified atom stereocenters. The molecular formula is C23H28O. The third kappa shape index (κ3) is 6.16. The number of unbranched alkanes of at least 4 members (excludes halogenated alkanes) is 4. The van der Waals surface area contributed by atoms with Gasteiger partial charge in [0.15, 0.2) is 5.78 Å². The van der Waals surface area contributed by atoms with Crippen LogP contribution in [-0.2, 0) is 11.2 Å². The first-order chi connectivity index (χ1) is 11.7. The number of rotatable bonds is 9. The van der Waals surface area contributed by atoms with E-state index < -0.39 is 0 Å². The van der Waals surface area contributed by atoms with Crippen molar-refractivity contribution in [3.05, 3.63) is 65.7 Å². The van der Waals surface area contributed by atoms with E-state index in [2.05, 4.69) is 55.5 Å². The Morgan fingerprint density at radius 2 is 1.42 bits per heavy atom. The molecule has 0 atom stereocenters. The quantitative estimate of drug-likeness (QED) is 0.382. The Morgan fingerprint density at radius 3 is 2.00 bits per heavy atom. The maximum absolute atomic E-state index is 11.0. The van der Waals surface area contributed by atoms with Gasteiger partial charge < -0.3 is 0 Å². The Bertz CT molecular complexity index is 647. The molecule has 0 bridgehead atoms. The SMILES string of the molecule is CCCCCCCc1ccc(-c2ccc(C=CC(C)=O)cc2)cc1. The predicted molar refractivity (Wildman–Crippen MR) is 104 cm³/mol. The largest absolute Gasteiger partial charge is 0.295 e. The van der Waals surface area contributed by atoms with Crippen molar-refractivity contribution in [3.8, 4) is 11.1 Å². The molecule has 0 N–H and O–H groups in total. The average molecular weight is 320 g/mol. The Morgan fingerprint density at radius 1 is 0.833 bits per heavy atom. The number of hydrogen-bond donors (Lipinski definition) is 0. The summed E-state index contributed by atoms with van der Waals surface area (Å²) in [5.74, 6) is 0.0735. The molecular weight excluding hydrogens is 292 g/mol. The van der Waals surface area contributed by atoms with E-state index in [1.54, 1.807) is 13.0 Å². The molecule has 126 valence electrons. The molecule has 0 saturated heterocycles. The summed E-state index contributed by atoms with van der Waals surface area (Å²) in [6, 6.07) is 17.2. The minimum atomic E-state index is 0.0735. The first-order valence-electron chi connectivity index (χ1n) is 9.07. The lowest BCUT2D eigenvalue weighted by molar-refractivity contribution is -0.112. The van der Waals surface area contributed by atoms with Crippen molar-refractivity contribution in [2.24, 2.45) is 0 Å². The van der Waals surface area contributed by atoms with Gasteiger partial charge in [-0.2, -0.15) is 0 Å². The fourth-order valence-electron chi connectivity index (χ4n) is 2.80. The molecule has 0 radical (unpaired) electrons. The summed E-state index contributed by atoms with van der Waals surface area (Å²) in [6.07, 6.45) is 11.3. The van der Waals surface area contributed by atoms with Crippen LogP contribution in [-0.4, -0.2) is 5.78 Å². The standard InChI is InChI=1S/C23H28O/c1-3-4-5-6-7-8-20-11-15-22(16-12-20)23-17-13-21(14-18-23)10-9-19(2)24/h9-18H,3-8H2,1-2H3. The first-order valence-corrected chi connectivity index (χ1v) is 9.07. The summed E-state index contributed by atoms with van der Waals surface area (Å²) < 4.78 is 0. The molecule has 0 saturated carbocycles. The van der Waals surface area contributed by atoms with Crippen molar-refractivity contribution >= 4 is 11.9 Å². The summed E-state index contributed by atoms with van der Waals surface area (Å²) in [7, 11) is 0. The monoisotopic (exact) mass is 320 g/mol. The van der Waals surface area contributed by atoms with E-state index in [0.717, 1.165) is 5.56 Å². The molecule has 0 aliphatic carbocycles. The van der Waals surface area contributed by atoms with Crippen LogP contribution in [0.1, 0.15) is 57.1 Å². The fourth-order valence-corrected chi connectivity index (χ4v) is 2.80. The molecule has 1 heteroatoms. The third-order valence-electron chi connectivity index (χ3n) is 4.28. The summed E-state index contributed by atoms with van der Waals surface area (Å²) >= 11 is 0. The van der Waals surface area contributed by atoms with Crippen LogP contribution in [0.2, 0.25) is 0 Å². The van der Waals surface area contributed by atoms with Gasteiger partial charge in [-0.05, 0) is 48.1 Å². The molecule has 0 heterocycles. The third-order valence-corrected chi connectivity index (χ3v) is 4.28. The highest BCUT2D eigenvalue weighted by Crippen LogP contribution is 2.21. The number of hydrogen-bond acceptors (Lipinski definition) is 1. The van der Waals surface area contributed by atoms with Gasteiger partial charge in [-0.25, -0.2) is 0 Å². The minimum Gasteiger partial charge on any atom is -0.295 e. The normalized spacial score (nSPS) is 11.1. The number of benzene rings is 2. The lowest BCUT2D eigenvalue weighted by atomic mass is 10.00. The second-order valence-corrected chi connectivity index (χ2v) is 6.43. The van der Waals surface area contributed by atoms with Gasteiger partial charge in [-0.15, -0.1) is 0 Å². The van der Waals surface area contributed by atoms with Crippen molar-refractivity contribution in [2.45, 2.75) is 52.4 Å². The molecule has 0 aromatic heterocycles. The van der Waals surface area contributed by atoms with Crippen molar-refractivity contribution < 1.29 is 4.79 Å². The van der Waals surface area contributed by atoms with Crippen LogP contribution < -0.4 is 0 Å². The molecule has 24 heavy (non-hydrogen) atoms. The lowest BCUT2D eigenvalue weighted by Crippen LogP contribution is -1.87. The van der Waals surface area contributed by atoms with Crippen molar-refractivity contribution in [3.63, 3.8) is 0 Å². The van der Waals surface area contributed by atoms with Crippen LogP contribution in [0.25, 0.3) is 17.2 Å². The zero-order valence-electron chi connectivity index (χ0n) is 14.9. The second-order valence-electron chi connectivity index (χ2n) is 6.43. The zero-order chi connectivity index (χ0) is 17.2. The summed E-state index contributed by atoms with van der Waals surface area (Å²) in [4.78, 5) is 11.0. The van der Waals surface area contributed by atoms with Crippen LogP contribution in [0.15, 0.2) is 54.6 Å². The van der Waals surface area contributed by atoms with Crippen LogP contribution >= 0.6 is 0 Å². The van der Waals surface area contributed by atoms with Gasteiger partial charge in [0.05, 0.1) is 0 Å². The van der Waals surface area contributed by atoms with E-state index >= 15 is 0 Å². The molecule has 2 aromatic rings. The highest BCUT2D eigenvalue weighted by molar-refractivity contribution is 5.91. The Labute approximate surface area is 146 Å². The number of allylic oxidation sites excluding steroid dienone is 1. The average Bonchev–Trinajstić information content (AvgIpc) is 2.61. The van der Waals surface area contributed by atoms with E-state index in [1.807, 2.05) is 6.08 Å². The van der Waals surface area contributed by atoms with Gasteiger partial charge in [0.2, 0.25) is 0 Å². The first kappa shape index (κ1) is 18.2. The molecule has 0 aliphatic rings. The zero-order valence-corrected chi connectivity index (χ0v) is 14.9. The number of carbonyl (C=O) groups excluding carboxylic acids is 1. The highest BCUT2D eigenvalue weighted by atomic mass is 16.1. The van der Waals surface area contributed by atoms with Gasteiger partial charge in [0, 0.05) is 0 Å².